The molecule has 1 aromatic rings. The summed E-state index contributed by atoms with van der Waals surface area (Å²) in [4.78, 5) is 18.7. The van der Waals surface area contributed by atoms with E-state index in [9.17, 15) is 4.79 Å². The molecule has 0 atom stereocenters. The highest BCUT2D eigenvalue weighted by atomic mass is 16.1. The Hall–Kier alpha value is -1.65. The van der Waals surface area contributed by atoms with Crippen LogP contribution in [-0.2, 0) is 4.79 Å². The molecule has 1 amide bonds. The van der Waals surface area contributed by atoms with Crippen molar-refractivity contribution in [1.82, 2.24) is 9.97 Å². The molecule has 0 bridgehead atoms. The molecular weight excluding hydrogens is 168 g/mol. The summed E-state index contributed by atoms with van der Waals surface area (Å²) < 4.78 is 0. The molecule has 0 aliphatic heterocycles. The Morgan fingerprint density at radius 1 is 1.69 bits per heavy atom. The van der Waals surface area contributed by atoms with Gasteiger partial charge in [-0.05, 0) is 12.5 Å². The lowest BCUT2D eigenvalue weighted by atomic mass is 10.3. The zero-order chi connectivity index (χ0) is 9.68. The number of nitrogens with two attached hydrogens (primary N) is 1. The molecule has 13 heavy (non-hydrogen) atoms. The predicted molar refractivity (Wildman–Crippen MR) is 50.0 cm³/mol. The fraction of sp³-hybridized carbons (Fsp3) is 0.375. The third kappa shape index (κ3) is 3.06. The van der Waals surface area contributed by atoms with Crippen molar-refractivity contribution in [2.45, 2.75) is 19.8 Å². The normalized spacial score (nSPS) is 9.62. The first-order valence-electron chi connectivity index (χ1n) is 4.10. The van der Waals surface area contributed by atoms with Crippen molar-refractivity contribution in [3.05, 3.63) is 12.3 Å². The Morgan fingerprint density at radius 2 is 2.46 bits per heavy atom. The van der Waals surface area contributed by atoms with Gasteiger partial charge in [-0.15, -0.1) is 0 Å². The summed E-state index contributed by atoms with van der Waals surface area (Å²) in [6.07, 6.45) is 2.81. The number of nitrogen functional groups attached to an aromatic ring is 1. The zero-order valence-electron chi connectivity index (χ0n) is 7.45. The van der Waals surface area contributed by atoms with E-state index in [1.165, 1.54) is 6.20 Å². The van der Waals surface area contributed by atoms with Crippen molar-refractivity contribution < 1.29 is 4.79 Å². The highest BCUT2D eigenvalue weighted by molar-refractivity contribution is 5.89. The van der Waals surface area contributed by atoms with Gasteiger partial charge in [-0.25, -0.2) is 4.98 Å². The van der Waals surface area contributed by atoms with Gasteiger partial charge in [-0.1, -0.05) is 6.92 Å². The third-order valence-corrected chi connectivity index (χ3v) is 1.42. The van der Waals surface area contributed by atoms with Gasteiger partial charge in [0.25, 0.3) is 0 Å². The number of aromatic nitrogens is 2. The van der Waals surface area contributed by atoms with Gasteiger partial charge in [0.1, 0.15) is 5.82 Å². The van der Waals surface area contributed by atoms with Crippen molar-refractivity contribution in [2.24, 2.45) is 0 Å². The molecule has 0 aromatic carbocycles. The van der Waals surface area contributed by atoms with Crippen LogP contribution in [0, 0.1) is 0 Å². The Labute approximate surface area is 76.4 Å². The third-order valence-electron chi connectivity index (χ3n) is 1.42. The average Bonchev–Trinajstić information content (AvgIpc) is 2.04. The number of carbonyl (C=O) groups is 1. The first kappa shape index (κ1) is 9.44. The molecule has 1 heterocycles. The number of nitrogens with one attached hydrogen (secondary N) is 1. The molecule has 0 unspecified atom stereocenters. The summed E-state index contributed by atoms with van der Waals surface area (Å²) in [5.41, 5.74) is 5.33. The van der Waals surface area contributed by atoms with Gasteiger partial charge in [0.15, 0.2) is 0 Å². The monoisotopic (exact) mass is 180 g/mol. The first-order valence-corrected chi connectivity index (χ1v) is 4.10. The minimum Gasteiger partial charge on any atom is -0.368 e. The SMILES string of the molecule is CCCC(=O)Nc1ccnc(N)n1. The van der Waals surface area contributed by atoms with Crippen LogP contribution in [0.3, 0.4) is 0 Å². The maximum atomic E-state index is 11.1. The molecule has 0 radical (unpaired) electrons. The van der Waals surface area contributed by atoms with Gasteiger partial charge in [0, 0.05) is 12.6 Å². The number of rotatable bonds is 3. The van der Waals surface area contributed by atoms with Crippen molar-refractivity contribution in [3.8, 4) is 0 Å². The lowest BCUT2D eigenvalue weighted by Crippen LogP contribution is -2.12. The topological polar surface area (TPSA) is 80.9 Å². The quantitative estimate of drug-likeness (QED) is 0.720. The fourth-order valence-corrected chi connectivity index (χ4v) is 0.876. The molecule has 0 aliphatic carbocycles. The second kappa shape index (κ2) is 4.39. The minimum absolute atomic E-state index is 0.0550. The summed E-state index contributed by atoms with van der Waals surface area (Å²) in [6, 6.07) is 1.60. The van der Waals surface area contributed by atoms with Crippen LogP contribution in [0.5, 0.6) is 0 Å². The van der Waals surface area contributed by atoms with E-state index in [1.54, 1.807) is 6.07 Å². The van der Waals surface area contributed by atoms with Crippen LogP contribution in [0.2, 0.25) is 0 Å². The van der Waals surface area contributed by atoms with E-state index in [4.69, 9.17) is 5.73 Å². The molecule has 0 aliphatic rings. The lowest BCUT2D eigenvalue weighted by molar-refractivity contribution is -0.116. The molecule has 0 saturated carbocycles. The number of nitrogens with zero attached hydrogens (tertiary/aromatic N) is 2. The summed E-state index contributed by atoms with van der Waals surface area (Å²) in [7, 11) is 0. The van der Waals surface area contributed by atoms with Crippen molar-refractivity contribution >= 4 is 17.7 Å². The van der Waals surface area contributed by atoms with Gasteiger partial charge >= 0.3 is 0 Å². The number of hydrogen-bond acceptors (Lipinski definition) is 4. The number of amides is 1. The van der Waals surface area contributed by atoms with Gasteiger partial charge in [-0.3, -0.25) is 4.79 Å². The molecule has 5 nitrogen and oxygen atoms in total. The highest BCUT2D eigenvalue weighted by Crippen LogP contribution is 2.03. The maximum absolute atomic E-state index is 11.1. The molecule has 5 heteroatoms. The minimum atomic E-state index is -0.0550. The highest BCUT2D eigenvalue weighted by Gasteiger charge is 2.01. The second-order valence-electron chi connectivity index (χ2n) is 2.60. The fourth-order valence-electron chi connectivity index (χ4n) is 0.876. The molecule has 0 saturated heterocycles. The van der Waals surface area contributed by atoms with Crippen LogP contribution >= 0.6 is 0 Å². The van der Waals surface area contributed by atoms with E-state index >= 15 is 0 Å². The van der Waals surface area contributed by atoms with Gasteiger partial charge in [-0.2, -0.15) is 4.98 Å². The van der Waals surface area contributed by atoms with Gasteiger partial charge < -0.3 is 11.1 Å². The molecule has 1 rings (SSSR count). The molecule has 1 aromatic heterocycles. The molecule has 3 N–H and O–H groups in total. The largest absolute Gasteiger partial charge is 0.368 e. The Kier molecular flexibility index (Phi) is 3.19. The first-order chi connectivity index (χ1) is 6.22. The Balaban J connectivity index is 2.58. The number of anilines is 2. The van der Waals surface area contributed by atoms with Crippen LogP contribution in [0.1, 0.15) is 19.8 Å². The van der Waals surface area contributed by atoms with E-state index in [0.29, 0.717) is 12.2 Å². The summed E-state index contributed by atoms with van der Waals surface area (Å²) in [6.45, 7) is 1.94. The van der Waals surface area contributed by atoms with Gasteiger partial charge in [0.05, 0.1) is 0 Å². The van der Waals surface area contributed by atoms with Crippen molar-refractivity contribution in [3.63, 3.8) is 0 Å². The smallest absolute Gasteiger partial charge is 0.225 e. The van der Waals surface area contributed by atoms with E-state index < -0.39 is 0 Å². The van der Waals surface area contributed by atoms with E-state index in [-0.39, 0.29) is 11.9 Å². The molecule has 70 valence electrons. The Bertz CT molecular complexity index is 300. The van der Waals surface area contributed by atoms with Crippen LogP contribution in [0.25, 0.3) is 0 Å². The second-order valence-corrected chi connectivity index (χ2v) is 2.60. The van der Waals surface area contributed by atoms with Crippen LogP contribution < -0.4 is 11.1 Å². The van der Waals surface area contributed by atoms with Gasteiger partial charge in [0.2, 0.25) is 11.9 Å². The van der Waals surface area contributed by atoms with E-state index in [1.807, 2.05) is 6.92 Å². The van der Waals surface area contributed by atoms with E-state index in [0.717, 1.165) is 6.42 Å². The molecule has 0 spiro atoms. The lowest BCUT2D eigenvalue weighted by Gasteiger charge is -2.02. The summed E-state index contributed by atoms with van der Waals surface area (Å²) in [5, 5.41) is 2.61. The van der Waals surface area contributed by atoms with E-state index in [2.05, 4.69) is 15.3 Å². The zero-order valence-corrected chi connectivity index (χ0v) is 7.45. The average molecular weight is 180 g/mol. The molecule has 0 fully saturated rings. The number of carbonyl (C=O) groups excluding carboxylic acids is 1. The van der Waals surface area contributed by atoms with Crippen molar-refractivity contribution in [2.75, 3.05) is 11.1 Å². The maximum Gasteiger partial charge on any atom is 0.225 e. The summed E-state index contributed by atoms with van der Waals surface area (Å²) in [5.74, 6) is 0.556. The standard InChI is InChI=1S/C8H12N4O/c1-2-3-7(13)11-6-4-5-10-8(9)12-6/h4-5H,2-3H2,1H3,(H3,9,10,11,12,13). The predicted octanol–water partition coefficient (Wildman–Crippen LogP) is 0.797. The number of hydrogen-bond donors (Lipinski definition) is 2. The van der Waals surface area contributed by atoms with Crippen LogP contribution in [0.4, 0.5) is 11.8 Å². The van der Waals surface area contributed by atoms with Crippen LogP contribution in [0.15, 0.2) is 12.3 Å². The van der Waals surface area contributed by atoms with Crippen LogP contribution in [-0.4, -0.2) is 15.9 Å². The Morgan fingerprint density at radius 3 is 3.08 bits per heavy atom. The van der Waals surface area contributed by atoms with Crippen molar-refractivity contribution in [1.29, 1.82) is 0 Å². The summed E-state index contributed by atoms with van der Waals surface area (Å²) >= 11 is 0. The molecular formula is C8H12N4O.